The van der Waals surface area contributed by atoms with Crippen molar-refractivity contribution >= 4 is 23.4 Å². The number of nitrogens with one attached hydrogen (secondary N) is 2. The molecule has 0 aliphatic heterocycles. The van der Waals surface area contributed by atoms with Gasteiger partial charge in [-0.2, -0.15) is 0 Å². The first-order valence-electron chi connectivity index (χ1n) is 12.2. The molecule has 1 fully saturated rings. The molecule has 3 amide bonds. The summed E-state index contributed by atoms with van der Waals surface area (Å²) in [4.78, 5) is 41.1. The molecule has 1 atom stereocenters. The molecule has 0 saturated heterocycles. The van der Waals surface area contributed by atoms with Crippen molar-refractivity contribution in [1.82, 2.24) is 10.6 Å². The average molecular weight is 492 g/mol. The zero-order chi connectivity index (χ0) is 25.5. The zero-order valence-corrected chi connectivity index (χ0v) is 20.2. The van der Waals surface area contributed by atoms with Crippen LogP contribution in [0.15, 0.2) is 71.3 Å². The smallest absolute Gasteiger partial charge is 0.287 e. The summed E-state index contributed by atoms with van der Waals surface area (Å²) in [6.07, 6.45) is 6.18. The first-order chi connectivity index (χ1) is 17.5. The highest BCUT2D eigenvalue weighted by Crippen LogP contribution is 2.32. The molecule has 1 aliphatic carbocycles. The van der Waals surface area contributed by atoms with E-state index in [0.717, 1.165) is 37.7 Å². The van der Waals surface area contributed by atoms with Crippen LogP contribution in [0.1, 0.15) is 59.8 Å². The van der Waals surface area contributed by atoms with Crippen LogP contribution in [0, 0.1) is 12.7 Å². The van der Waals surface area contributed by atoms with E-state index in [-0.39, 0.29) is 17.4 Å². The number of para-hydroxylation sites is 1. The van der Waals surface area contributed by atoms with Gasteiger partial charge in [0.2, 0.25) is 11.8 Å². The third-order valence-corrected chi connectivity index (χ3v) is 6.45. The number of amides is 3. The SMILES string of the molecule is Cc1ccccc1N(C(=O)CNC(=O)c1ccco1)C(C(=O)NC1CCCCC1)c1ccccc1F. The lowest BCUT2D eigenvalue weighted by Gasteiger charge is -2.34. The fraction of sp³-hybridized carbons (Fsp3) is 0.321. The van der Waals surface area contributed by atoms with Gasteiger partial charge in [-0.25, -0.2) is 4.39 Å². The second-order valence-electron chi connectivity index (χ2n) is 8.98. The van der Waals surface area contributed by atoms with Crippen molar-refractivity contribution < 1.29 is 23.2 Å². The number of halogens is 1. The second kappa shape index (κ2) is 11.7. The molecule has 8 heteroatoms. The molecule has 2 aromatic carbocycles. The van der Waals surface area contributed by atoms with Crippen molar-refractivity contribution in [3.05, 3.63) is 89.6 Å². The van der Waals surface area contributed by atoms with E-state index in [4.69, 9.17) is 4.42 Å². The van der Waals surface area contributed by atoms with E-state index >= 15 is 4.39 Å². The van der Waals surface area contributed by atoms with Crippen LogP contribution in [-0.4, -0.2) is 30.3 Å². The van der Waals surface area contributed by atoms with Gasteiger partial charge in [0.05, 0.1) is 12.8 Å². The van der Waals surface area contributed by atoms with E-state index in [1.165, 1.54) is 29.4 Å². The Hall–Kier alpha value is -3.94. The number of nitrogens with zero attached hydrogens (tertiary/aromatic N) is 1. The Kier molecular flexibility index (Phi) is 8.15. The third kappa shape index (κ3) is 5.82. The Balaban J connectivity index is 1.70. The maximum absolute atomic E-state index is 15.1. The summed E-state index contributed by atoms with van der Waals surface area (Å²) in [7, 11) is 0. The standard InChI is InChI=1S/C28H30FN3O4/c1-19-10-5-8-15-23(19)32(25(33)18-30-27(34)24-16-9-17-36-24)26(21-13-6-7-14-22(21)29)28(35)31-20-11-3-2-4-12-20/h5-10,13-17,20,26H,2-4,11-12,18H2,1H3,(H,30,34)(H,31,35). The average Bonchev–Trinajstić information content (AvgIpc) is 3.43. The maximum atomic E-state index is 15.1. The highest BCUT2D eigenvalue weighted by Gasteiger charge is 2.36. The van der Waals surface area contributed by atoms with Crippen LogP contribution in [0.3, 0.4) is 0 Å². The minimum atomic E-state index is -1.26. The van der Waals surface area contributed by atoms with Crippen LogP contribution in [0.5, 0.6) is 0 Å². The van der Waals surface area contributed by atoms with Gasteiger partial charge in [-0.3, -0.25) is 19.3 Å². The van der Waals surface area contributed by atoms with Crippen molar-refractivity contribution in [2.75, 3.05) is 11.4 Å². The normalized spacial score (nSPS) is 14.6. The van der Waals surface area contributed by atoms with Gasteiger partial charge in [0.1, 0.15) is 11.9 Å². The van der Waals surface area contributed by atoms with Gasteiger partial charge < -0.3 is 15.1 Å². The van der Waals surface area contributed by atoms with Crippen LogP contribution in [0.25, 0.3) is 0 Å². The minimum absolute atomic E-state index is 0.0343. The molecule has 36 heavy (non-hydrogen) atoms. The highest BCUT2D eigenvalue weighted by atomic mass is 19.1. The van der Waals surface area contributed by atoms with Crippen LogP contribution in [0.4, 0.5) is 10.1 Å². The Morgan fingerprint density at radius 2 is 1.72 bits per heavy atom. The summed E-state index contributed by atoms with van der Waals surface area (Å²) in [6.45, 7) is 1.41. The molecule has 1 aromatic heterocycles. The predicted octanol–water partition coefficient (Wildman–Crippen LogP) is 4.68. The van der Waals surface area contributed by atoms with E-state index in [2.05, 4.69) is 10.6 Å². The molecule has 3 aromatic rings. The topological polar surface area (TPSA) is 91.7 Å². The molecule has 0 radical (unpaired) electrons. The molecule has 188 valence electrons. The highest BCUT2D eigenvalue weighted by molar-refractivity contribution is 6.04. The molecular weight excluding hydrogens is 461 g/mol. The molecule has 7 nitrogen and oxygen atoms in total. The molecular formula is C28H30FN3O4. The second-order valence-corrected chi connectivity index (χ2v) is 8.98. The molecule has 1 aliphatic rings. The summed E-state index contributed by atoms with van der Waals surface area (Å²) in [5.41, 5.74) is 1.27. The van der Waals surface area contributed by atoms with Crippen molar-refractivity contribution in [2.24, 2.45) is 0 Å². The van der Waals surface area contributed by atoms with Crippen LogP contribution < -0.4 is 15.5 Å². The fourth-order valence-electron chi connectivity index (χ4n) is 4.61. The van der Waals surface area contributed by atoms with Gasteiger partial charge >= 0.3 is 0 Å². The van der Waals surface area contributed by atoms with E-state index < -0.39 is 36.1 Å². The van der Waals surface area contributed by atoms with Crippen LogP contribution >= 0.6 is 0 Å². The molecule has 0 bridgehead atoms. The van der Waals surface area contributed by atoms with Crippen molar-refractivity contribution in [3.63, 3.8) is 0 Å². The van der Waals surface area contributed by atoms with Gasteiger partial charge in [0.25, 0.3) is 5.91 Å². The quantitative estimate of drug-likeness (QED) is 0.479. The lowest BCUT2D eigenvalue weighted by molar-refractivity contribution is -0.127. The number of benzene rings is 2. The maximum Gasteiger partial charge on any atom is 0.287 e. The van der Waals surface area contributed by atoms with Gasteiger partial charge in [-0.15, -0.1) is 0 Å². The van der Waals surface area contributed by atoms with E-state index in [1.54, 1.807) is 30.3 Å². The summed E-state index contributed by atoms with van der Waals surface area (Å²) in [5.74, 6) is -2.11. The zero-order valence-electron chi connectivity index (χ0n) is 20.2. The molecule has 1 saturated carbocycles. The Bertz CT molecular complexity index is 1210. The Labute approximate surface area is 209 Å². The predicted molar refractivity (Wildman–Crippen MR) is 134 cm³/mol. The van der Waals surface area contributed by atoms with Crippen molar-refractivity contribution in [1.29, 1.82) is 0 Å². The van der Waals surface area contributed by atoms with Crippen molar-refractivity contribution in [3.8, 4) is 0 Å². The van der Waals surface area contributed by atoms with Crippen LogP contribution in [0.2, 0.25) is 0 Å². The van der Waals surface area contributed by atoms with Gasteiger partial charge in [-0.05, 0) is 49.6 Å². The molecule has 1 heterocycles. The van der Waals surface area contributed by atoms with Gasteiger partial charge in [0.15, 0.2) is 5.76 Å². The number of anilines is 1. The number of aryl methyl sites for hydroxylation is 1. The molecule has 1 unspecified atom stereocenters. The Morgan fingerprint density at radius 1 is 1.00 bits per heavy atom. The van der Waals surface area contributed by atoms with Gasteiger partial charge in [-0.1, -0.05) is 55.7 Å². The third-order valence-electron chi connectivity index (χ3n) is 6.45. The monoisotopic (exact) mass is 491 g/mol. The lowest BCUT2D eigenvalue weighted by Crippen LogP contribution is -2.50. The number of hydrogen-bond donors (Lipinski definition) is 2. The van der Waals surface area contributed by atoms with Crippen LogP contribution in [-0.2, 0) is 9.59 Å². The van der Waals surface area contributed by atoms with Crippen molar-refractivity contribution in [2.45, 2.75) is 51.1 Å². The minimum Gasteiger partial charge on any atom is -0.459 e. The number of rotatable bonds is 8. The summed E-state index contributed by atoms with van der Waals surface area (Å²) in [5, 5.41) is 5.60. The molecule has 4 rings (SSSR count). The molecule has 0 spiro atoms. The van der Waals surface area contributed by atoms with E-state index in [0.29, 0.717) is 5.69 Å². The molecule has 2 N–H and O–H groups in total. The van der Waals surface area contributed by atoms with Gasteiger partial charge in [0, 0.05) is 17.3 Å². The summed E-state index contributed by atoms with van der Waals surface area (Å²) < 4.78 is 20.2. The fourth-order valence-corrected chi connectivity index (χ4v) is 4.61. The first-order valence-corrected chi connectivity index (χ1v) is 12.2. The number of hydrogen-bond acceptors (Lipinski definition) is 4. The Morgan fingerprint density at radius 3 is 2.42 bits per heavy atom. The summed E-state index contributed by atoms with van der Waals surface area (Å²) >= 11 is 0. The first kappa shape index (κ1) is 25.2. The number of furan rings is 1. The largest absolute Gasteiger partial charge is 0.459 e. The van der Waals surface area contributed by atoms with E-state index in [9.17, 15) is 14.4 Å². The lowest BCUT2D eigenvalue weighted by atomic mass is 9.94. The van der Waals surface area contributed by atoms with E-state index in [1.807, 2.05) is 19.1 Å². The number of carbonyl (C=O) groups is 3. The summed E-state index contributed by atoms with van der Waals surface area (Å²) in [6, 6.07) is 14.8. The number of carbonyl (C=O) groups excluding carboxylic acids is 3.